The molecule has 0 bridgehead atoms. The SMILES string of the molecule is C[C@@H](c1ccccc1)N1CCO[C@H]([C@H](O)c2ccccc2[N+](=O)[O-])C1=O. The van der Waals surface area contributed by atoms with Crippen LogP contribution in [0.4, 0.5) is 5.69 Å². The van der Waals surface area contributed by atoms with Crippen molar-refractivity contribution in [2.24, 2.45) is 0 Å². The van der Waals surface area contributed by atoms with Crippen LogP contribution in [-0.2, 0) is 9.53 Å². The lowest BCUT2D eigenvalue weighted by Gasteiger charge is -2.38. The second kappa shape index (κ2) is 7.63. The summed E-state index contributed by atoms with van der Waals surface area (Å²) in [5, 5.41) is 21.8. The normalized spacial score (nSPS) is 19.8. The van der Waals surface area contributed by atoms with E-state index in [0.29, 0.717) is 6.54 Å². The molecule has 1 aliphatic rings. The lowest BCUT2D eigenvalue weighted by molar-refractivity contribution is -0.386. The highest BCUT2D eigenvalue weighted by Gasteiger charge is 2.40. The van der Waals surface area contributed by atoms with Gasteiger partial charge in [0.2, 0.25) is 0 Å². The smallest absolute Gasteiger partial charge is 0.275 e. The van der Waals surface area contributed by atoms with Crippen molar-refractivity contribution in [2.75, 3.05) is 13.2 Å². The molecule has 0 unspecified atom stereocenters. The van der Waals surface area contributed by atoms with Crippen LogP contribution in [0.1, 0.15) is 30.2 Å². The van der Waals surface area contributed by atoms with Crippen molar-refractivity contribution in [1.82, 2.24) is 4.90 Å². The summed E-state index contributed by atoms with van der Waals surface area (Å²) in [4.78, 5) is 25.2. The molecule has 2 aromatic rings. The predicted octanol–water partition coefficient (Wildman–Crippen LogP) is 2.62. The number of carbonyl (C=O) groups is 1. The van der Waals surface area contributed by atoms with Crippen LogP contribution in [-0.4, -0.2) is 40.1 Å². The van der Waals surface area contributed by atoms with Gasteiger partial charge in [0.25, 0.3) is 11.6 Å². The number of ether oxygens (including phenoxy) is 1. The number of carbonyl (C=O) groups excluding carboxylic acids is 1. The summed E-state index contributed by atoms with van der Waals surface area (Å²) in [5.74, 6) is -0.377. The molecule has 1 N–H and O–H groups in total. The predicted molar refractivity (Wildman–Crippen MR) is 94.4 cm³/mol. The summed E-state index contributed by atoms with van der Waals surface area (Å²) in [7, 11) is 0. The zero-order valence-corrected chi connectivity index (χ0v) is 14.3. The number of rotatable bonds is 5. The van der Waals surface area contributed by atoms with Crippen LogP contribution < -0.4 is 0 Å². The molecule has 136 valence electrons. The van der Waals surface area contributed by atoms with Gasteiger partial charge >= 0.3 is 0 Å². The van der Waals surface area contributed by atoms with Gasteiger partial charge < -0.3 is 14.7 Å². The Bertz CT molecular complexity index is 796. The zero-order chi connectivity index (χ0) is 18.7. The minimum absolute atomic E-state index is 0.0741. The van der Waals surface area contributed by atoms with E-state index in [1.807, 2.05) is 37.3 Å². The summed E-state index contributed by atoms with van der Waals surface area (Å²) in [6, 6.07) is 15.2. The average molecular weight is 356 g/mol. The number of amides is 1. The van der Waals surface area contributed by atoms with E-state index in [0.717, 1.165) is 5.56 Å². The maximum absolute atomic E-state index is 12.9. The van der Waals surface area contributed by atoms with E-state index in [9.17, 15) is 20.0 Å². The Kier molecular flexibility index (Phi) is 5.29. The van der Waals surface area contributed by atoms with E-state index in [1.54, 1.807) is 11.0 Å². The highest BCUT2D eigenvalue weighted by molar-refractivity contribution is 5.83. The number of benzene rings is 2. The molecule has 26 heavy (non-hydrogen) atoms. The number of aliphatic hydroxyl groups is 1. The minimum Gasteiger partial charge on any atom is -0.385 e. The van der Waals surface area contributed by atoms with E-state index in [2.05, 4.69) is 0 Å². The Balaban J connectivity index is 1.85. The van der Waals surface area contributed by atoms with Gasteiger partial charge in [-0.3, -0.25) is 14.9 Å². The molecule has 0 radical (unpaired) electrons. The lowest BCUT2D eigenvalue weighted by atomic mass is 9.99. The Hall–Kier alpha value is -2.77. The first-order valence-electron chi connectivity index (χ1n) is 8.39. The number of nitro benzene ring substituents is 1. The number of aliphatic hydroxyl groups excluding tert-OH is 1. The molecule has 3 atom stereocenters. The van der Waals surface area contributed by atoms with E-state index in [4.69, 9.17) is 4.74 Å². The van der Waals surface area contributed by atoms with Gasteiger partial charge in [0.15, 0.2) is 6.10 Å². The molecule has 1 heterocycles. The summed E-state index contributed by atoms with van der Waals surface area (Å²) in [6.07, 6.45) is -2.58. The molecule has 0 spiro atoms. The fourth-order valence-electron chi connectivity index (χ4n) is 3.21. The van der Waals surface area contributed by atoms with Crippen LogP contribution >= 0.6 is 0 Å². The standard InChI is InChI=1S/C19H20N2O5/c1-13(14-7-3-2-4-8-14)20-11-12-26-18(19(20)23)17(22)15-9-5-6-10-16(15)21(24)25/h2-10,13,17-18,22H,11-12H2,1H3/t13-,17+,18+/m0/s1. The van der Waals surface area contributed by atoms with E-state index < -0.39 is 17.1 Å². The summed E-state index contributed by atoms with van der Waals surface area (Å²) in [6.45, 7) is 2.56. The molecule has 7 nitrogen and oxygen atoms in total. The number of nitrogens with zero attached hydrogens (tertiary/aromatic N) is 2. The first-order chi connectivity index (χ1) is 12.5. The largest absolute Gasteiger partial charge is 0.385 e. The molecule has 1 fully saturated rings. The fourth-order valence-corrected chi connectivity index (χ4v) is 3.21. The zero-order valence-electron chi connectivity index (χ0n) is 14.3. The topological polar surface area (TPSA) is 92.9 Å². The van der Waals surface area contributed by atoms with E-state index in [-0.39, 0.29) is 29.8 Å². The van der Waals surface area contributed by atoms with E-state index >= 15 is 0 Å². The van der Waals surface area contributed by atoms with Gasteiger partial charge in [0, 0.05) is 12.6 Å². The van der Waals surface area contributed by atoms with Crippen molar-refractivity contribution in [1.29, 1.82) is 0 Å². The number of morpholine rings is 1. The van der Waals surface area contributed by atoms with Gasteiger partial charge in [-0.1, -0.05) is 42.5 Å². The number of nitro groups is 1. The monoisotopic (exact) mass is 356 g/mol. The van der Waals surface area contributed by atoms with Crippen LogP contribution in [0.15, 0.2) is 54.6 Å². The van der Waals surface area contributed by atoms with Crippen LogP contribution in [0.25, 0.3) is 0 Å². The summed E-state index contributed by atoms with van der Waals surface area (Å²) < 4.78 is 5.49. The van der Waals surface area contributed by atoms with Crippen LogP contribution in [0, 0.1) is 10.1 Å². The first kappa shape index (κ1) is 18.0. The molecule has 1 aliphatic heterocycles. The molecule has 7 heteroatoms. The lowest BCUT2D eigenvalue weighted by Crippen LogP contribution is -2.50. The van der Waals surface area contributed by atoms with E-state index in [1.165, 1.54) is 18.2 Å². The Morgan fingerprint density at radius 1 is 1.19 bits per heavy atom. The Morgan fingerprint density at radius 2 is 1.85 bits per heavy atom. The average Bonchev–Trinajstić information content (AvgIpc) is 2.68. The second-order valence-electron chi connectivity index (χ2n) is 6.17. The van der Waals surface area contributed by atoms with Crippen molar-refractivity contribution in [2.45, 2.75) is 25.2 Å². The number of hydrogen-bond acceptors (Lipinski definition) is 5. The van der Waals surface area contributed by atoms with Gasteiger partial charge in [0.1, 0.15) is 6.10 Å². The van der Waals surface area contributed by atoms with Crippen LogP contribution in [0.5, 0.6) is 0 Å². The maximum Gasteiger partial charge on any atom is 0.275 e. The molecular weight excluding hydrogens is 336 g/mol. The second-order valence-corrected chi connectivity index (χ2v) is 6.17. The number of para-hydroxylation sites is 1. The third-order valence-electron chi connectivity index (χ3n) is 4.64. The Labute approximate surface area is 151 Å². The Morgan fingerprint density at radius 3 is 2.54 bits per heavy atom. The molecule has 0 saturated carbocycles. The van der Waals surface area contributed by atoms with Gasteiger partial charge in [-0.25, -0.2) is 0 Å². The van der Waals surface area contributed by atoms with Gasteiger partial charge in [-0.15, -0.1) is 0 Å². The molecule has 1 amide bonds. The van der Waals surface area contributed by atoms with Crippen molar-refractivity contribution in [3.63, 3.8) is 0 Å². The minimum atomic E-state index is -1.41. The van der Waals surface area contributed by atoms with Gasteiger partial charge in [0.05, 0.1) is 23.1 Å². The molecule has 0 aromatic heterocycles. The molecular formula is C19H20N2O5. The quantitative estimate of drug-likeness (QED) is 0.657. The van der Waals surface area contributed by atoms with Crippen LogP contribution in [0.2, 0.25) is 0 Å². The molecule has 3 rings (SSSR count). The first-order valence-corrected chi connectivity index (χ1v) is 8.39. The summed E-state index contributed by atoms with van der Waals surface area (Å²) in [5.41, 5.74) is 0.816. The van der Waals surface area contributed by atoms with Crippen molar-refractivity contribution < 1.29 is 19.6 Å². The van der Waals surface area contributed by atoms with Gasteiger partial charge in [-0.2, -0.15) is 0 Å². The van der Waals surface area contributed by atoms with Gasteiger partial charge in [-0.05, 0) is 18.6 Å². The van der Waals surface area contributed by atoms with Crippen molar-refractivity contribution in [3.05, 3.63) is 75.8 Å². The molecule has 2 aromatic carbocycles. The highest BCUT2D eigenvalue weighted by Crippen LogP contribution is 2.32. The third-order valence-corrected chi connectivity index (χ3v) is 4.64. The number of hydrogen-bond donors (Lipinski definition) is 1. The maximum atomic E-state index is 12.9. The molecule has 1 saturated heterocycles. The summed E-state index contributed by atoms with van der Waals surface area (Å²) >= 11 is 0. The fraction of sp³-hybridized carbons (Fsp3) is 0.316. The van der Waals surface area contributed by atoms with Crippen LogP contribution in [0.3, 0.4) is 0 Å². The van der Waals surface area contributed by atoms with Crippen molar-refractivity contribution >= 4 is 11.6 Å². The third kappa shape index (κ3) is 3.44. The molecule has 0 aliphatic carbocycles. The van der Waals surface area contributed by atoms with Crippen molar-refractivity contribution in [3.8, 4) is 0 Å². The highest BCUT2D eigenvalue weighted by atomic mass is 16.6.